The van der Waals surface area contributed by atoms with E-state index in [1.165, 1.54) is 16.8 Å². The fourth-order valence-corrected chi connectivity index (χ4v) is 4.80. The average Bonchev–Trinajstić information content (AvgIpc) is 2.84. The quantitative estimate of drug-likeness (QED) is 0.415. The zero-order valence-corrected chi connectivity index (χ0v) is 21.0. The Hall–Kier alpha value is -2.68. The van der Waals surface area contributed by atoms with Crippen LogP contribution in [-0.2, 0) is 22.5 Å². The topological polar surface area (TPSA) is 67.7 Å². The number of rotatable bonds is 8. The first kappa shape index (κ1) is 25.4. The highest BCUT2D eigenvalue weighted by Gasteiger charge is 2.20. The van der Waals surface area contributed by atoms with Crippen molar-refractivity contribution >= 4 is 45.6 Å². The lowest BCUT2D eigenvalue weighted by molar-refractivity contribution is -0.142. The summed E-state index contributed by atoms with van der Waals surface area (Å²) in [6.45, 7) is 6.32. The normalized spacial score (nSPS) is 14.5. The van der Waals surface area contributed by atoms with Gasteiger partial charge in [-0.2, -0.15) is 5.10 Å². The number of piperazine rings is 1. The van der Waals surface area contributed by atoms with Gasteiger partial charge in [0.1, 0.15) is 5.82 Å². The third-order valence-electron chi connectivity index (χ3n) is 6.12. The van der Waals surface area contributed by atoms with Gasteiger partial charge in [-0.3, -0.25) is 14.5 Å². The molecule has 1 aromatic heterocycles. The number of carbonyl (C=O) groups excluding carboxylic acids is 1. The summed E-state index contributed by atoms with van der Waals surface area (Å²) in [5, 5.41) is 5.80. The van der Waals surface area contributed by atoms with Crippen LogP contribution in [0.1, 0.15) is 19.0 Å². The number of anilines is 1. The first-order valence-corrected chi connectivity index (χ1v) is 12.4. The minimum atomic E-state index is -0.621. The number of hydrogen-bond donors (Lipinski definition) is 0. The second-order valence-corrected chi connectivity index (χ2v) is 9.16. The van der Waals surface area contributed by atoms with Gasteiger partial charge in [-0.15, -0.1) is 0 Å². The summed E-state index contributed by atoms with van der Waals surface area (Å²) in [5.41, 5.74) is 0.776. The Bertz CT molecular complexity index is 1280. The fourth-order valence-electron chi connectivity index (χ4n) is 4.38. The fraction of sp³-hybridized carbons (Fsp3) is 0.400. The summed E-state index contributed by atoms with van der Waals surface area (Å²) >= 11 is 12.5. The molecule has 7 nitrogen and oxygen atoms in total. The minimum Gasteiger partial charge on any atom is -0.466 e. The molecule has 0 spiro atoms. The molecular weight excluding hydrogens is 494 g/mol. The Labute approximate surface area is 213 Å². The van der Waals surface area contributed by atoms with E-state index < -0.39 is 17.3 Å². The highest BCUT2D eigenvalue weighted by Crippen LogP contribution is 2.32. The number of benzene rings is 2. The van der Waals surface area contributed by atoms with Crippen molar-refractivity contribution in [3.63, 3.8) is 0 Å². The molecule has 2 aromatic carbocycles. The molecule has 0 aliphatic carbocycles. The van der Waals surface area contributed by atoms with E-state index in [1.807, 2.05) is 12.1 Å². The van der Waals surface area contributed by atoms with Crippen LogP contribution in [0.5, 0.6) is 0 Å². The Kier molecular flexibility index (Phi) is 8.26. The number of ether oxygens (including phenoxy) is 1. The largest absolute Gasteiger partial charge is 0.466 e. The van der Waals surface area contributed by atoms with Gasteiger partial charge in [0.15, 0.2) is 0 Å². The highest BCUT2D eigenvalue weighted by molar-refractivity contribution is 6.43. The molecule has 0 atom stereocenters. The van der Waals surface area contributed by atoms with Crippen LogP contribution >= 0.6 is 23.2 Å². The van der Waals surface area contributed by atoms with E-state index in [4.69, 9.17) is 27.9 Å². The second kappa shape index (κ2) is 11.4. The molecule has 4 rings (SSSR count). The molecule has 0 amide bonds. The number of aromatic nitrogens is 2. The number of halogens is 3. The van der Waals surface area contributed by atoms with Crippen LogP contribution in [0, 0.1) is 5.82 Å². The van der Waals surface area contributed by atoms with Gasteiger partial charge in [0.05, 0.1) is 39.8 Å². The molecule has 0 radical (unpaired) electrons. The molecule has 1 aliphatic heterocycles. The van der Waals surface area contributed by atoms with Gasteiger partial charge in [-0.25, -0.2) is 9.07 Å². The number of nitrogens with zero attached hydrogens (tertiary/aromatic N) is 4. The zero-order chi connectivity index (χ0) is 24.9. The number of aryl methyl sites for hydroxylation is 1. The summed E-state index contributed by atoms with van der Waals surface area (Å²) in [7, 11) is 0. The van der Waals surface area contributed by atoms with E-state index in [0.717, 1.165) is 38.4 Å². The number of carbonyl (C=O) groups is 1. The van der Waals surface area contributed by atoms with Crippen LogP contribution in [0.4, 0.5) is 10.1 Å². The predicted molar refractivity (Wildman–Crippen MR) is 136 cm³/mol. The number of fused-ring (bicyclic) bond motifs is 1. The number of esters is 1. The summed E-state index contributed by atoms with van der Waals surface area (Å²) in [6, 6.07) is 9.99. The molecule has 1 saturated heterocycles. The van der Waals surface area contributed by atoms with Crippen molar-refractivity contribution in [2.75, 3.05) is 44.2 Å². The van der Waals surface area contributed by atoms with Gasteiger partial charge in [-0.1, -0.05) is 41.4 Å². The molecule has 0 N–H and O–H groups in total. The standard InChI is InChI=1S/C25H27Cl2FN4O3/c1-2-35-22(33)16-20-17-6-3-8-19(28)23(17)25(34)32(29-20)11-5-10-30-12-14-31(15-13-30)21-9-4-7-18(26)24(21)27/h3-4,6-9H,2,5,10-16H2,1H3. The third-order valence-corrected chi connectivity index (χ3v) is 6.93. The lowest BCUT2D eigenvalue weighted by atomic mass is 10.1. The van der Waals surface area contributed by atoms with E-state index in [9.17, 15) is 14.0 Å². The molecule has 186 valence electrons. The van der Waals surface area contributed by atoms with Crippen LogP contribution in [0.2, 0.25) is 10.0 Å². The van der Waals surface area contributed by atoms with E-state index in [2.05, 4.69) is 14.9 Å². The molecule has 0 saturated carbocycles. The van der Waals surface area contributed by atoms with Crippen molar-refractivity contribution in [3.05, 3.63) is 68.3 Å². The van der Waals surface area contributed by atoms with Gasteiger partial charge in [0.2, 0.25) is 0 Å². The Balaban J connectivity index is 1.42. The van der Waals surface area contributed by atoms with E-state index >= 15 is 0 Å². The molecule has 2 heterocycles. The lowest BCUT2D eigenvalue weighted by Crippen LogP contribution is -2.47. The zero-order valence-electron chi connectivity index (χ0n) is 19.5. The van der Waals surface area contributed by atoms with E-state index in [1.54, 1.807) is 19.1 Å². The Morgan fingerprint density at radius 3 is 2.57 bits per heavy atom. The van der Waals surface area contributed by atoms with Crippen molar-refractivity contribution < 1.29 is 13.9 Å². The number of hydrogen-bond acceptors (Lipinski definition) is 6. The molecule has 1 aliphatic rings. The highest BCUT2D eigenvalue weighted by atomic mass is 35.5. The Morgan fingerprint density at radius 1 is 1.09 bits per heavy atom. The van der Waals surface area contributed by atoms with Crippen molar-refractivity contribution in [2.24, 2.45) is 0 Å². The average molecular weight is 521 g/mol. The van der Waals surface area contributed by atoms with Crippen LogP contribution in [-0.4, -0.2) is 60.0 Å². The minimum absolute atomic E-state index is 0.0474. The van der Waals surface area contributed by atoms with Crippen molar-refractivity contribution in [3.8, 4) is 0 Å². The van der Waals surface area contributed by atoms with Gasteiger partial charge in [0.25, 0.3) is 5.56 Å². The van der Waals surface area contributed by atoms with E-state index in [0.29, 0.717) is 34.1 Å². The monoisotopic (exact) mass is 520 g/mol. The van der Waals surface area contributed by atoms with Crippen LogP contribution < -0.4 is 10.5 Å². The van der Waals surface area contributed by atoms with Gasteiger partial charge in [0, 0.05) is 44.7 Å². The summed E-state index contributed by atoms with van der Waals surface area (Å²) in [5.74, 6) is -1.09. The van der Waals surface area contributed by atoms with Gasteiger partial charge < -0.3 is 9.64 Å². The predicted octanol–water partition coefficient (Wildman–Crippen LogP) is 4.16. The maximum atomic E-state index is 14.5. The first-order chi connectivity index (χ1) is 16.9. The lowest BCUT2D eigenvalue weighted by Gasteiger charge is -2.36. The summed E-state index contributed by atoms with van der Waals surface area (Å²) < 4.78 is 20.8. The van der Waals surface area contributed by atoms with Crippen LogP contribution in [0.15, 0.2) is 41.2 Å². The third kappa shape index (κ3) is 5.77. The Morgan fingerprint density at radius 2 is 1.83 bits per heavy atom. The van der Waals surface area contributed by atoms with Gasteiger partial charge in [-0.05, 0) is 31.5 Å². The van der Waals surface area contributed by atoms with Crippen LogP contribution in [0.25, 0.3) is 10.8 Å². The maximum absolute atomic E-state index is 14.5. The van der Waals surface area contributed by atoms with E-state index in [-0.39, 0.29) is 18.4 Å². The molecule has 10 heteroatoms. The molecule has 1 fully saturated rings. The van der Waals surface area contributed by atoms with Crippen LogP contribution in [0.3, 0.4) is 0 Å². The smallest absolute Gasteiger partial charge is 0.311 e. The SMILES string of the molecule is CCOC(=O)Cc1nn(CCCN2CCN(c3cccc(Cl)c3Cl)CC2)c(=O)c2c(F)cccc12. The second-order valence-electron chi connectivity index (χ2n) is 8.37. The first-order valence-electron chi connectivity index (χ1n) is 11.6. The summed E-state index contributed by atoms with van der Waals surface area (Å²) in [6.07, 6.45) is 0.533. The molecular formula is C25H27Cl2FN4O3. The molecule has 0 bridgehead atoms. The summed E-state index contributed by atoms with van der Waals surface area (Å²) in [4.78, 5) is 29.5. The van der Waals surface area contributed by atoms with Crippen molar-refractivity contribution in [1.82, 2.24) is 14.7 Å². The molecule has 35 heavy (non-hydrogen) atoms. The van der Waals surface area contributed by atoms with Crippen molar-refractivity contribution in [2.45, 2.75) is 26.3 Å². The molecule has 3 aromatic rings. The maximum Gasteiger partial charge on any atom is 0.311 e. The van der Waals surface area contributed by atoms with Gasteiger partial charge >= 0.3 is 5.97 Å². The van der Waals surface area contributed by atoms with Crippen molar-refractivity contribution in [1.29, 1.82) is 0 Å². The molecule has 0 unspecified atom stereocenters.